The van der Waals surface area contributed by atoms with Crippen molar-refractivity contribution in [2.24, 2.45) is 0 Å². The van der Waals surface area contributed by atoms with Crippen LogP contribution < -0.4 is 9.62 Å². The van der Waals surface area contributed by atoms with Crippen molar-refractivity contribution in [2.45, 2.75) is 25.1 Å². The van der Waals surface area contributed by atoms with E-state index >= 15 is 0 Å². The van der Waals surface area contributed by atoms with Gasteiger partial charge in [0.25, 0.3) is 5.91 Å². The lowest BCUT2D eigenvalue weighted by Crippen LogP contribution is -2.32. The van der Waals surface area contributed by atoms with Gasteiger partial charge < -0.3 is 0 Å². The molecule has 1 heterocycles. The summed E-state index contributed by atoms with van der Waals surface area (Å²) in [5.74, 6) is 0.605. The fourth-order valence-electron chi connectivity index (χ4n) is 2.09. The molecule has 0 fully saturated rings. The Balaban J connectivity index is 2.11. The van der Waals surface area contributed by atoms with Crippen molar-refractivity contribution in [2.75, 3.05) is 27.7 Å². The van der Waals surface area contributed by atoms with E-state index in [-0.39, 0.29) is 11.7 Å². The number of carbonyl (C=O) groups is 1. The molecule has 0 bridgehead atoms. The van der Waals surface area contributed by atoms with Crippen LogP contribution in [0.2, 0.25) is 0 Å². The van der Waals surface area contributed by atoms with Gasteiger partial charge in [-0.25, -0.2) is 8.42 Å². The summed E-state index contributed by atoms with van der Waals surface area (Å²) in [5.41, 5.74) is 0.965. The number of hydrogen-bond acceptors (Lipinski definition) is 7. The molecule has 2 rings (SSSR count). The monoisotopic (exact) mass is 400 g/mol. The zero-order chi connectivity index (χ0) is 18.4. The van der Waals surface area contributed by atoms with E-state index < -0.39 is 10.0 Å². The molecule has 0 aliphatic carbocycles. The third-order valence-corrected chi connectivity index (χ3v) is 7.02. The molecule has 2 aromatic rings. The first-order valence-corrected chi connectivity index (χ1v) is 11.2. The van der Waals surface area contributed by atoms with Crippen LogP contribution >= 0.6 is 23.1 Å². The molecule has 25 heavy (non-hydrogen) atoms. The van der Waals surface area contributed by atoms with Gasteiger partial charge >= 0.3 is 0 Å². The van der Waals surface area contributed by atoms with E-state index in [9.17, 15) is 13.2 Å². The van der Waals surface area contributed by atoms with Crippen LogP contribution in [-0.2, 0) is 10.0 Å². The van der Waals surface area contributed by atoms with E-state index in [0.29, 0.717) is 22.9 Å². The summed E-state index contributed by atoms with van der Waals surface area (Å²) in [6.45, 7) is 5.73. The maximum atomic E-state index is 12.3. The molecule has 0 atom stereocenters. The topological polar surface area (TPSA) is 92.3 Å². The van der Waals surface area contributed by atoms with Crippen LogP contribution in [0.15, 0.2) is 28.6 Å². The van der Waals surface area contributed by atoms with E-state index in [1.54, 1.807) is 49.9 Å². The first-order valence-electron chi connectivity index (χ1n) is 7.79. The third kappa shape index (κ3) is 4.93. The number of amides is 1. The highest BCUT2D eigenvalue weighted by molar-refractivity contribution is 8.01. The van der Waals surface area contributed by atoms with Crippen molar-refractivity contribution < 1.29 is 13.2 Å². The maximum absolute atomic E-state index is 12.3. The van der Waals surface area contributed by atoms with Crippen molar-refractivity contribution in [3.63, 3.8) is 0 Å². The Labute approximate surface area is 155 Å². The summed E-state index contributed by atoms with van der Waals surface area (Å²) < 4.78 is 26.3. The second-order valence-corrected chi connectivity index (χ2v) is 9.54. The Kier molecular flexibility index (Phi) is 6.79. The molecule has 10 heteroatoms. The fraction of sp³-hybridized carbons (Fsp3) is 0.400. The number of thioether (sulfide) groups is 1. The number of nitrogens with one attached hydrogen (secondary N) is 1. The Morgan fingerprint density at radius 2 is 1.88 bits per heavy atom. The van der Waals surface area contributed by atoms with Gasteiger partial charge in [-0.15, -0.1) is 10.2 Å². The summed E-state index contributed by atoms with van der Waals surface area (Å²) in [6, 6.07) is 6.46. The van der Waals surface area contributed by atoms with Crippen LogP contribution in [0.4, 0.5) is 10.8 Å². The average molecular weight is 401 g/mol. The maximum Gasteiger partial charge on any atom is 0.257 e. The number of rotatable bonds is 8. The number of nitrogens with zero attached hydrogens (tertiary/aromatic N) is 3. The minimum absolute atomic E-state index is 0.0260. The molecule has 0 saturated carbocycles. The molecule has 1 aromatic carbocycles. The van der Waals surface area contributed by atoms with Gasteiger partial charge in [0.2, 0.25) is 15.2 Å². The van der Waals surface area contributed by atoms with Crippen LogP contribution in [-0.4, -0.2) is 42.6 Å². The van der Waals surface area contributed by atoms with Crippen LogP contribution in [0.3, 0.4) is 0 Å². The van der Waals surface area contributed by atoms with Crippen LogP contribution in [0.1, 0.15) is 31.1 Å². The molecule has 1 aromatic heterocycles. The SMILES string of the molecule is CCSc1nnc(NC(=O)c2ccc(N(CC)S(=O)(=O)CC)cc2)s1. The molecule has 7 nitrogen and oxygen atoms in total. The number of carbonyl (C=O) groups excluding carboxylic acids is 1. The molecule has 0 aliphatic heterocycles. The lowest BCUT2D eigenvalue weighted by atomic mass is 10.2. The molecule has 0 radical (unpaired) electrons. The predicted octanol–water partition coefficient (Wildman–Crippen LogP) is 3.08. The molecule has 1 N–H and O–H groups in total. The Morgan fingerprint density at radius 1 is 1.20 bits per heavy atom. The van der Waals surface area contributed by atoms with E-state index in [0.717, 1.165) is 10.1 Å². The largest absolute Gasteiger partial charge is 0.296 e. The Bertz CT molecular complexity index is 819. The molecular weight excluding hydrogens is 380 g/mol. The standard InChI is InChI=1S/C15H20N4O3S3/c1-4-19(25(21,22)6-3)12-9-7-11(8-10-12)13(20)16-14-17-18-15(24-14)23-5-2/h7-10H,4-6H2,1-3H3,(H,16,17,20). The number of hydrogen-bond donors (Lipinski definition) is 1. The summed E-state index contributed by atoms with van der Waals surface area (Å²) in [6.07, 6.45) is 0. The molecule has 0 spiro atoms. The highest BCUT2D eigenvalue weighted by Gasteiger charge is 2.19. The smallest absolute Gasteiger partial charge is 0.257 e. The van der Waals surface area contributed by atoms with Crippen molar-refractivity contribution in [1.82, 2.24) is 10.2 Å². The minimum atomic E-state index is -3.33. The van der Waals surface area contributed by atoms with Crippen molar-refractivity contribution in [3.8, 4) is 0 Å². The number of anilines is 2. The number of benzene rings is 1. The Hall–Kier alpha value is -1.65. The molecular formula is C15H20N4O3S3. The second kappa shape index (κ2) is 8.63. The van der Waals surface area contributed by atoms with Crippen LogP contribution in [0.25, 0.3) is 0 Å². The molecule has 0 aliphatic rings. The normalized spacial score (nSPS) is 11.3. The van der Waals surface area contributed by atoms with Gasteiger partial charge in [-0.1, -0.05) is 30.0 Å². The zero-order valence-electron chi connectivity index (χ0n) is 14.2. The average Bonchev–Trinajstić information content (AvgIpc) is 3.03. The van der Waals surface area contributed by atoms with Gasteiger partial charge in [0, 0.05) is 12.1 Å². The first-order chi connectivity index (χ1) is 11.9. The van der Waals surface area contributed by atoms with Gasteiger partial charge in [-0.3, -0.25) is 14.4 Å². The van der Waals surface area contributed by atoms with Gasteiger partial charge in [0.05, 0.1) is 11.4 Å². The second-order valence-electron chi connectivity index (χ2n) is 4.87. The van der Waals surface area contributed by atoms with Gasteiger partial charge in [-0.2, -0.15) is 0 Å². The van der Waals surface area contributed by atoms with Crippen molar-refractivity contribution in [1.29, 1.82) is 0 Å². The lowest BCUT2D eigenvalue weighted by Gasteiger charge is -2.22. The minimum Gasteiger partial charge on any atom is -0.296 e. The third-order valence-electron chi connectivity index (χ3n) is 3.30. The quantitative estimate of drug-likeness (QED) is 0.541. The Morgan fingerprint density at radius 3 is 2.44 bits per heavy atom. The lowest BCUT2D eigenvalue weighted by molar-refractivity contribution is 0.102. The van der Waals surface area contributed by atoms with Crippen molar-refractivity contribution in [3.05, 3.63) is 29.8 Å². The molecule has 0 saturated heterocycles. The highest BCUT2D eigenvalue weighted by atomic mass is 32.2. The predicted molar refractivity (Wildman–Crippen MR) is 103 cm³/mol. The molecule has 1 amide bonds. The van der Waals surface area contributed by atoms with E-state index in [2.05, 4.69) is 15.5 Å². The molecule has 0 unspecified atom stereocenters. The van der Waals surface area contributed by atoms with Gasteiger partial charge in [0.15, 0.2) is 4.34 Å². The summed E-state index contributed by atoms with van der Waals surface area (Å²) in [4.78, 5) is 12.3. The van der Waals surface area contributed by atoms with Gasteiger partial charge in [0.1, 0.15) is 0 Å². The number of aromatic nitrogens is 2. The van der Waals surface area contributed by atoms with E-state index in [4.69, 9.17) is 0 Å². The summed E-state index contributed by atoms with van der Waals surface area (Å²) in [5, 5.41) is 11.1. The van der Waals surface area contributed by atoms with Crippen LogP contribution in [0, 0.1) is 0 Å². The molecule has 136 valence electrons. The summed E-state index contributed by atoms with van der Waals surface area (Å²) in [7, 11) is -3.33. The van der Waals surface area contributed by atoms with Crippen molar-refractivity contribution >= 4 is 49.8 Å². The zero-order valence-corrected chi connectivity index (χ0v) is 16.7. The van der Waals surface area contributed by atoms with Gasteiger partial charge in [-0.05, 0) is 43.9 Å². The van der Waals surface area contributed by atoms with Crippen LogP contribution in [0.5, 0.6) is 0 Å². The fourth-order valence-corrected chi connectivity index (χ4v) is 4.88. The van der Waals surface area contributed by atoms with E-state index in [1.165, 1.54) is 15.6 Å². The number of sulfonamides is 1. The first kappa shape index (κ1) is 19.7. The summed E-state index contributed by atoms with van der Waals surface area (Å²) >= 11 is 2.88. The van der Waals surface area contributed by atoms with E-state index in [1.807, 2.05) is 6.92 Å². The highest BCUT2D eigenvalue weighted by Crippen LogP contribution is 2.25.